The van der Waals surface area contributed by atoms with Crippen molar-refractivity contribution in [1.82, 2.24) is 0 Å². The summed E-state index contributed by atoms with van der Waals surface area (Å²) in [6.45, 7) is 4.36. The third kappa shape index (κ3) is 2.81. The van der Waals surface area contributed by atoms with E-state index in [-0.39, 0.29) is 5.97 Å². The molecule has 0 amide bonds. The Bertz CT molecular complexity index is 638. The van der Waals surface area contributed by atoms with Crippen molar-refractivity contribution in [3.05, 3.63) is 61.2 Å². The number of hydrogen-bond acceptors (Lipinski definition) is 4. The van der Waals surface area contributed by atoms with E-state index in [2.05, 4.69) is 35.7 Å². The number of para-hydroxylation sites is 2. The summed E-state index contributed by atoms with van der Waals surface area (Å²) >= 11 is 1.76. The summed E-state index contributed by atoms with van der Waals surface area (Å²) in [4.78, 5) is 15.8. The standard InChI is InChI=1S/C17H15NO2S/c1-2-17(19)20-12-11-18-13-7-3-5-9-15(13)21-16-10-6-4-8-14(16)18/h2-10H,1,11-12H2. The smallest absolute Gasteiger partial charge is 0.330 e. The van der Waals surface area contributed by atoms with Gasteiger partial charge in [-0.25, -0.2) is 4.79 Å². The first kappa shape index (κ1) is 13.8. The normalized spacial score (nSPS) is 12.3. The van der Waals surface area contributed by atoms with Gasteiger partial charge in [0, 0.05) is 15.9 Å². The second-order valence-corrected chi connectivity index (χ2v) is 5.64. The number of ether oxygens (including phenoxy) is 1. The Labute approximate surface area is 128 Å². The summed E-state index contributed by atoms with van der Waals surface area (Å²) in [5.74, 6) is -0.386. The third-order valence-corrected chi connectivity index (χ3v) is 4.39. The highest BCUT2D eigenvalue weighted by Crippen LogP contribution is 2.47. The SMILES string of the molecule is C=CC(=O)OCCN1c2ccccc2Sc2ccccc21. The number of rotatable bonds is 4. The van der Waals surface area contributed by atoms with E-state index < -0.39 is 0 Å². The number of benzene rings is 2. The van der Waals surface area contributed by atoms with Crippen molar-refractivity contribution >= 4 is 29.1 Å². The summed E-state index contributed by atoms with van der Waals surface area (Å²) in [7, 11) is 0. The van der Waals surface area contributed by atoms with Gasteiger partial charge in [0.15, 0.2) is 0 Å². The molecule has 3 rings (SSSR count). The number of esters is 1. The first-order chi connectivity index (χ1) is 10.3. The van der Waals surface area contributed by atoms with Crippen molar-refractivity contribution in [2.45, 2.75) is 9.79 Å². The predicted octanol–water partition coefficient (Wildman–Crippen LogP) is 4.02. The Morgan fingerprint density at radius 1 is 1.10 bits per heavy atom. The van der Waals surface area contributed by atoms with Gasteiger partial charge in [-0.1, -0.05) is 42.6 Å². The van der Waals surface area contributed by atoms with Gasteiger partial charge in [0.05, 0.1) is 17.9 Å². The minimum atomic E-state index is -0.386. The van der Waals surface area contributed by atoms with Crippen LogP contribution in [-0.4, -0.2) is 19.1 Å². The van der Waals surface area contributed by atoms with Gasteiger partial charge < -0.3 is 9.64 Å². The molecule has 21 heavy (non-hydrogen) atoms. The van der Waals surface area contributed by atoms with Gasteiger partial charge in [0.1, 0.15) is 6.61 Å². The van der Waals surface area contributed by atoms with Crippen LogP contribution in [0.4, 0.5) is 11.4 Å². The van der Waals surface area contributed by atoms with Crippen LogP contribution in [0.5, 0.6) is 0 Å². The lowest BCUT2D eigenvalue weighted by atomic mass is 10.2. The molecule has 0 spiro atoms. The Kier molecular flexibility index (Phi) is 3.97. The molecule has 0 aromatic heterocycles. The number of fused-ring (bicyclic) bond motifs is 2. The predicted molar refractivity (Wildman–Crippen MR) is 85.2 cm³/mol. The second kappa shape index (κ2) is 6.06. The Morgan fingerprint density at radius 3 is 2.24 bits per heavy atom. The van der Waals surface area contributed by atoms with Gasteiger partial charge in [-0.05, 0) is 24.3 Å². The Morgan fingerprint density at radius 2 is 1.67 bits per heavy atom. The molecule has 1 aliphatic rings. The van der Waals surface area contributed by atoms with Gasteiger partial charge in [0.25, 0.3) is 0 Å². The monoisotopic (exact) mass is 297 g/mol. The van der Waals surface area contributed by atoms with Crippen molar-refractivity contribution in [3.63, 3.8) is 0 Å². The van der Waals surface area contributed by atoms with Gasteiger partial charge in [-0.3, -0.25) is 0 Å². The van der Waals surface area contributed by atoms with E-state index in [1.165, 1.54) is 15.9 Å². The average Bonchev–Trinajstić information content (AvgIpc) is 2.54. The van der Waals surface area contributed by atoms with Crippen LogP contribution in [0.15, 0.2) is 71.0 Å². The van der Waals surface area contributed by atoms with E-state index in [9.17, 15) is 4.79 Å². The summed E-state index contributed by atoms with van der Waals surface area (Å²) in [5.41, 5.74) is 2.30. The van der Waals surface area contributed by atoms with E-state index in [1.807, 2.05) is 24.3 Å². The lowest BCUT2D eigenvalue weighted by Crippen LogP contribution is -2.25. The Hall–Kier alpha value is -2.20. The molecule has 0 radical (unpaired) electrons. The number of carbonyl (C=O) groups is 1. The van der Waals surface area contributed by atoms with Crippen LogP contribution in [0, 0.1) is 0 Å². The van der Waals surface area contributed by atoms with Gasteiger partial charge >= 0.3 is 5.97 Å². The van der Waals surface area contributed by atoms with Crippen LogP contribution in [0.25, 0.3) is 0 Å². The molecule has 0 aliphatic carbocycles. The molecule has 0 saturated carbocycles. The molecule has 0 unspecified atom stereocenters. The fourth-order valence-corrected chi connectivity index (χ4v) is 3.41. The number of carbonyl (C=O) groups excluding carboxylic acids is 1. The molecule has 106 valence electrons. The van der Waals surface area contributed by atoms with E-state index >= 15 is 0 Å². The molecule has 0 atom stereocenters. The van der Waals surface area contributed by atoms with Gasteiger partial charge in [-0.2, -0.15) is 0 Å². The van der Waals surface area contributed by atoms with Crippen LogP contribution in [0.3, 0.4) is 0 Å². The second-order valence-electron chi connectivity index (χ2n) is 4.56. The molecule has 1 heterocycles. The molecular weight excluding hydrogens is 282 g/mol. The van der Waals surface area contributed by atoms with Crippen molar-refractivity contribution in [2.75, 3.05) is 18.1 Å². The molecule has 2 aromatic rings. The van der Waals surface area contributed by atoms with Crippen molar-refractivity contribution in [3.8, 4) is 0 Å². The minimum Gasteiger partial charge on any atom is -0.461 e. The molecule has 0 bridgehead atoms. The van der Waals surface area contributed by atoms with Crippen LogP contribution < -0.4 is 4.90 Å². The zero-order valence-electron chi connectivity index (χ0n) is 11.5. The molecule has 2 aromatic carbocycles. The molecule has 1 aliphatic heterocycles. The number of hydrogen-bond donors (Lipinski definition) is 0. The van der Waals surface area contributed by atoms with Gasteiger partial charge in [0.2, 0.25) is 0 Å². The van der Waals surface area contributed by atoms with E-state index in [0.717, 1.165) is 11.4 Å². The largest absolute Gasteiger partial charge is 0.461 e. The van der Waals surface area contributed by atoms with Crippen LogP contribution in [-0.2, 0) is 9.53 Å². The zero-order chi connectivity index (χ0) is 14.7. The quantitative estimate of drug-likeness (QED) is 0.630. The molecule has 0 saturated heterocycles. The lowest BCUT2D eigenvalue weighted by Gasteiger charge is -2.32. The fourth-order valence-electron chi connectivity index (χ4n) is 2.32. The minimum absolute atomic E-state index is 0.332. The summed E-state index contributed by atoms with van der Waals surface area (Å²) in [5, 5.41) is 0. The topological polar surface area (TPSA) is 29.5 Å². The summed E-state index contributed by atoms with van der Waals surface area (Å²) < 4.78 is 5.12. The molecule has 0 N–H and O–H groups in total. The number of nitrogens with zero attached hydrogens (tertiary/aromatic N) is 1. The van der Waals surface area contributed by atoms with Crippen LogP contribution >= 0.6 is 11.8 Å². The van der Waals surface area contributed by atoms with Crippen LogP contribution in [0.1, 0.15) is 0 Å². The molecule has 3 nitrogen and oxygen atoms in total. The maximum Gasteiger partial charge on any atom is 0.330 e. The van der Waals surface area contributed by atoms with Crippen molar-refractivity contribution in [2.24, 2.45) is 0 Å². The Balaban J connectivity index is 1.88. The molecule has 4 heteroatoms. The lowest BCUT2D eigenvalue weighted by molar-refractivity contribution is -0.137. The van der Waals surface area contributed by atoms with Gasteiger partial charge in [-0.15, -0.1) is 0 Å². The van der Waals surface area contributed by atoms with Crippen molar-refractivity contribution in [1.29, 1.82) is 0 Å². The average molecular weight is 297 g/mol. The van der Waals surface area contributed by atoms with Crippen molar-refractivity contribution < 1.29 is 9.53 Å². The molecule has 0 fully saturated rings. The summed E-state index contributed by atoms with van der Waals surface area (Å²) in [6.07, 6.45) is 1.19. The van der Waals surface area contributed by atoms with E-state index in [1.54, 1.807) is 11.8 Å². The van der Waals surface area contributed by atoms with Crippen LogP contribution in [0.2, 0.25) is 0 Å². The number of anilines is 2. The third-order valence-electron chi connectivity index (χ3n) is 3.26. The highest BCUT2D eigenvalue weighted by molar-refractivity contribution is 7.99. The highest BCUT2D eigenvalue weighted by atomic mass is 32.2. The van der Waals surface area contributed by atoms with E-state index in [4.69, 9.17) is 4.74 Å². The van der Waals surface area contributed by atoms with E-state index in [0.29, 0.717) is 13.2 Å². The fraction of sp³-hybridized carbons (Fsp3) is 0.118. The zero-order valence-corrected chi connectivity index (χ0v) is 12.3. The maximum absolute atomic E-state index is 11.2. The maximum atomic E-state index is 11.2. The highest BCUT2D eigenvalue weighted by Gasteiger charge is 2.22. The first-order valence-corrected chi connectivity index (χ1v) is 7.54. The first-order valence-electron chi connectivity index (χ1n) is 6.72. The summed E-state index contributed by atoms with van der Waals surface area (Å²) in [6, 6.07) is 16.5. The molecular formula is C17H15NO2S.